The number of carbonyl (C=O) groups is 1. The minimum Gasteiger partial charge on any atom is -0.322 e. The van der Waals surface area contributed by atoms with Crippen molar-refractivity contribution >= 4 is 6.03 Å². The van der Waals surface area contributed by atoms with Gasteiger partial charge in [-0.1, -0.05) is 12.2 Å². The summed E-state index contributed by atoms with van der Waals surface area (Å²) >= 11 is 0. The largest absolute Gasteiger partial charge is 0.322 e. The van der Waals surface area contributed by atoms with E-state index in [9.17, 15) is 4.79 Å². The zero-order valence-electron chi connectivity index (χ0n) is 12.3. The molecule has 0 atom stereocenters. The lowest BCUT2D eigenvalue weighted by Gasteiger charge is -2.42. The van der Waals surface area contributed by atoms with Crippen LogP contribution in [0.15, 0.2) is 23.9 Å². The molecule has 1 aliphatic heterocycles. The van der Waals surface area contributed by atoms with Gasteiger partial charge in [0.05, 0.1) is 0 Å². The van der Waals surface area contributed by atoms with Gasteiger partial charge < -0.3 is 10.2 Å². The highest BCUT2D eigenvalue weighted by molar-refractivity contribution is 5.76. The van der Waals surface area contributed by atoms with Gasteiger partial charge in [0, 0.05) is 37.4 Å². The fourth-order valence-corrected chi connectivity index (χ4v) is 2.50. The Morgan fingerprint density at radius 1 is 1.21 bits per heavy atom. The fourth-order valence-electron chi connectivity index (χ4n) is 2.50. The van der Waals surface area contributed by atoms with Crippen molar-refractivity contribution in [2.45, 2.75) is 39.2 Å². The van der Waals surface area contributed by atoms with Gasteiger partial charge in [-0.3, -0.25) is 4.90 Å². The third-order valence-electron chi connectivity index (χ3n) is 3.80. The van der Waals surface area contributed by atoms with E-state index in [1.54, 1.807) is 0 Å². The van der Waals surface area contributed by atoms with E-state index in [0.717, 1.165) is 44.7 Å². The number of nitrogens with zero attached hydrogens (tertiary/aromatic N) is 2. The molecule has 0 unspecified atom stereocenters. The summed E-state index contributed by atoms with van der Waals surface area (Å²) in [4.78, 5) is 16.5. The van der Waals surface area contributed by atoms with Crippen molar-refractivity contribution in [1.29, 1.82) is 0 Å². The Hall–Kier alpha value is -1.29. The number of nitrogens with one attached hydrogen (secondary N) is 1. The minimum atomic E-state index is 0.0510. The highest BCUT2D eigenvalue weighted by Gasteiger charge is 2.27. The van der Waals surface area contributed by atoms with Gasteiger partial charge in [0.2, 0.25) is 0 Å². The second kappa shape index (κ2) is 5.78. The van der Waals surface area contributed by atoms with Gasteiger partial charge in [-0.15, -0.1) is 0 Å². The first-order chi connectivity index (χ1) is 8.97. The van der Waals surface area contributed by atoms with Crippen molar-refractivity contribution in [3.63, 3.8) is 0 Å². The topological polar surface area (TPSA) is 35.6 Å². The smallest absolute Gasteiger partial charge is 0.321 e. The predicted octanol–water partition coefficient (Wildman–Crippen LogP) is 2.35. The van der Waals surface area contributed by atoms with E-state index in [4.69, 9.17) is 0 Å². The monoisotopic (exact) mass is 263 g/mol. The standard InChI is InChI=1S/C15H25N3O/c1-15(2,3)18-11-9-17(10-12-18)14(19)16-13-7-5-4-6-8-13/h4-5,7H,6,8-12H2,1-3H3,(H,16,19). The van der Waals surface area contributed by atoms with Crippen molar-refractivity contribution in [3.05, 3.63) is 23.9 Å². The molecular formula is C15H25N3O. The average Bonchev–Trinajstić information content (AvgIpc) is 2.39. The molecule has 1 aliphatic carbocycles. The lowest BCUT2D eigenvalue weighted by molar-refractivity contribution is 0.0748. The van der Waals surface area contributed by atoms with Crippen LogP contribution in [-0.4, -0.2) is 47.5 Å². The summed E-state index contributed by atoms with van der Waals surface area (Å²) < 4.78 is 0. The van der Waals surface area contributed by atoms with Crippen molar-refractivity contribution in [2.24, 2.45) is 0 Å². The molecule has 106 valence electrons. The van der Waals surface area contributed by atoms with E-state index in [2.05, 4.69) is 37.1 Å². The summed E-state index contributed by atoms with van der Waals surface area (Å²) in [6.45, 7) is 10.2. The summed E-state index contributed by atoms with van der Waals surface area (Å²) in [7, 11) is 0. The van der Waals surface area contributed by atoms with Crippen LogP contribution in [0, 0.1) is 0 Å². The van der Waals surface area contributed by atoms with Gasteiger partial charge >= 0.3 is 6.03 Å². The Kier molecular flexibility index (Phi) is 4.30. The molecule has 0 saturated carbocycles. The molecule has 1 N–H and O–H groups in total. The highest BCUT2D eigenvalue weighted by atomic mass is 16.2. The molecule has 0 radical (unpaired) electrons. The molecule has 2 aliphatic rings. The van der Waals surface area contributed by atoms with Crippen LogP contribution in [0.5, 0.6) is 0 Å². The summed E-state index contributed by atoms with van der Waals surface area (Å²) in [5, 5.41) is 3.02. The van der Waals surface area contributed by atoms with Gasteiger partial charge in [-0.05, 0) is 39.7 Å². The second-order valence-corrected chi connectivity index (χ2v) is 6.23. The zero-order chi connectivity index (χ0) is 13.9. The Labute approximate surface area is 116 Å². The summed E-state index contributed by atoms with van der Waals surface area (Å²) in [5.74, 6) is 0. The van der Waals surface area contributed by atoms with Crippen LogP contribution in [0.1, 0.15) is 33.6 Å². The average molecular weight is 263 g/mol. The van der Waals surface area contributed by atoms with Crippen LogP contribution in [-0.2, 0) is 0 Å². The van der Waals surface area contributed by atoms with Gasteiger partial charge in [-0.2, -0.15) is 0 Å². The van der Waals surface area contributed by atoms with Crippen LogP contribution in [0.2, 0.25) is 0 Å². The molecule has 1 saturated heterocycles. The zero-order valence-corrected chi connectivity index (χ0v) is 12.3. The molecule has 0 bridgehead atoms. The Morgan fingerprint density at radius 2 is 1.89 bits per heavy atom. The first-order valence-corrected chi connectivity index (χ1v) is 7.13. The lowest BCUT2D eigenvalue weighted by atomic mass is 10.1. The number of hydrogen-bond acceptors (Lipinski definition) is 2. The van der Waals surface area contributed by atoms with Gasteiger partial charge in [-0.25, -0.2) is 4.79 Å². The number of amides is 2. The molecule has 4 nitrogen and oxygen atoms in total. The molecule has 19 heavy (non-hydrogen) atoms. The van der Waals surface area contributed by atoms with E-state index >= 15 is 0 Å². The number of allylic oxidation sites excluding steroid dienone is 4. The van der Waals surface area contributed by atoms with Crippen LogP contribution in [0.25, 0.3) is 0 Å². The number of urea groups is 1. The lowest BCUT2D eigenvalue weighted by Crippen LogP contribution is -2.56. The molecule has 0 aromatic carbocycles. The summed E-state index contributed by atoms with van der Waals surface area (Å²) in [6, 6.07) is 0.0510. The van der Waals surface area contributed by atoms with Crippen molar-refractivity contribution in [3.8, 4) is 0 Å². The fraction of sp³-hybridized carbons (Fsp3) is 0.667. The number of carbonyl (C=O) groups excluding carboxylic acids is 1. The molecule has 0 spiro atoms. The van der Waals surface area contributed by atoms with E-state index in [1.165, 1.54) is 0 Å². The van der Waals surface area contributed by atoms with Crippen molar-refractivity contribution < 1.29 is 4.79 Å². The minimum absolute atomic E-state index is 0.0510. The maximum atomic E-state index is 12.2. The molecular weight excluding hydrogens is 238 g/mol. The van der Waals surface area contributed by atoms with Crippen LogP contribution >= 0.6 is 0 Å². The Balaban J connectivity index is 1.82. The molecule has 1 heterocycles. The quantitative estimate of drug-likeness (QED) is 0.788. The molecule has 2 rings (SSSR count). The van der Waals surface area contributed by atoms with E-state index < -0.39 is 0 Å². The molecule has 0 aromatic heterocycles. The van der Waals surface area contributed by atoms with E-state index in [1.807, 2.05) is 17.1 Å². The number of piperazine rings is 1. The first kappa shape index (κ1) is 14.1. The molecule has 2 amide bonds. The maximum absolute atomic E-state index is 12.2. The van der Waals surface area contributed by atoms with Gasteiger partial charge in [0.15, 0.2) is 0 Å². The van der Waals surface area contributed by atoms with E-state index in [0.29, 0.717) is 0 Å². The summed E-state index contributed by atoms with van der Waals surface area (Å²) in [6.07, 6.45) is 8.08. The van der Waals surface area contributed by atoms with Gasteiger partial charge in [0.25, 0.3) is 0 Å². The maximum Gasteiger partial charge on any atom is 0.321 e. The normalized spacial score (nSPS) is 21.2. The molecule has 4 heteroatoms. The van der Waals surface area contributed by atoms with Crippen LogP contribution in [0.3, 0.4) is 0 Å². The molecule has 1 fully saturated rings. The predicted molar refractivity (Wildman–Crippen MR) is 77.9 cm³/mol. The third kappa shape index (κ3) is 3.83. The van der Waals surface area contributed by atoms with Crippen LogP contribution < -0.4 is 5.32 Å². The van der Waals surface area contributed by atoms with E-state index in [-0.39, 0.29) is 11.6 Å². The van der Waals surface area contributed by atoms with Gasteiger partial charge in [0.1, 0.15) is 0 Å². The van der Waals surface area contributed by atoms with Crippen LogP contribution in [0.4, 0.5) is 4.79 Å². The first-order valence-electron chi connectivity index (χ1n) is 7.13. The summed E-state index contributed by atoms with van der Waals surface area (Å²) in [5.41, 5.74) is 1.23. The van der Waals surface area contributed by atoms with Crippen molar-refractivity contribution in [1.82, 2.24) is 15.1 Å². The SMILES string of the molecule is CC(C)(C)N1CCN(C(=O)NC2=CC=CCC2)CC1. The van der Waals surface area contributed by atoms with Crippen molar-refractivity contribution in [2.75, 3.05) is 26.2 Å². The number of rotatable bonds is 1. The Bertz CT molecular complexity index is 385. The Morgan fingerprint density at radius 3 is 2.42 bits per heavy atom. The number of hydrogen-bond donors (Lipinski definition) is 1. The molecule has 0 aromatic rings. The highest BCUT2D eigenvalue weighted by Crippen LogP contribution is 2.16. The third-order valence-corrected chi connectivity index (χ3v) is 3.80. The second-order valence-electron chi connectivity index (χ2n) is 6.23.